The number of rotatable bonds is 8. The Balaban J connectivity index is 1.41. The van der Waals surface area contributed by atoms with E-state index in [1.165, 1.54) is 12.0 Å². The smallest absolute Gasteiger partial charge is 0.293 e. The number of thioether (sulfide) groups is 1. The van der Waals surface area contributed by atoms with Crippen molar-refractivity contribution in [3.05, 3.63) is 91.8 Å². The standard InChI is InChI=1S/C27H22BrClN2O5S/c1-16-3-5-17(6-4-16)14-31-26(33)24(37-27(31)34)12-18-7-10-22(23(11-18)35-2)36-15-25(32)30-19-8-9-20(28)21(29)13-19/h3-13H,14-15H2,1-2H3,(H,30,32)/b24-12+. The molecular formula is C27H22BrClN2O5S. The van der Waals surface area contributed by atoms with Crippen LogP contribution < -0.4 is 14.8 Å². The van der Waals surface area contributed by atoms with Gasteiger partial charge in [-0.05, 0) is 82.2 Å². The second kappa shape index (κ2) is 11.9. The number of benzene rings is 3. The van der Waals surface area contributed by atoms with Gasteiger partial charge in [0.2, 0.25) is 0 Å². The molecule has 1 saturated heterocycles. The Bertz CT molecular complexity index is 1390. The number of anilines is 1. The summed E-state index contributed by atoms with van der Waals surface area (Å²) >= 11 is 10.3. The van der Waals surface area contributed by atoms with Gasteiger partial charge in [-0.15, -0.1) is 0 Å². The Morgan fingerprint density at radius 2 is 1.84 bits per heavy atom. The van der Waals surface area contributed by atoms with Crippen LogP contribution in [0.25, 0.3) is 6.08 Å². The number of hydrogen-bond acceptors (Lipinski definition) is 6. The summed E-state index contributed by atoms with van der Waals surface area (Å²) in [6, 6.07) is 17.8. The van der Waals surface area contributed by atoms with Crippen LogP contribution in [0.3, 0.4) is 0 Å². The number of halogens is 2. The third-order valence-corrected chi connectivity index (χ3v) is 7.52. The second-order valence-electron chi connectivity index (χ2n) is 8.13. The lowest BCUT2D eigenvalue weighted by Gasteiger charge is -2.13. The van der Waals surface area contributed by atoms with E-state index in [-0.39, 0.29) is 30.2 Å². The van der Waals surface area contributed by atoms with Crippen LogP contribution >= 0.6 is 39.3 Å². The first-order valence-corrected chi connectivity index (χ1v) is 13.1. The minimum absolute atomic E-state index is 0.215. The molecule has 1 aliphatic heterocycles. The van der Waals surface area contributed by atoms with Gasteiger partial charge in [-0.25, -0.2) is 0 Å². The summed E-state index contributed by atoms with van der Waals surface area (Å²) in [6.07, 6.45) is 1.64. The fourth-order valence-corrected chi connectivity index (χ4v) is 4.74. The van der Waals surface area contributed by atoms with Gasteiger partial charge in [0.05, 0.1) is 23.6 Å². The lowest BCUT2D eigenvalue weighted by Crippen LogP contribution is -2.27. The highest BCUT2D eigenvalue weighted by molar-refractivity contribution is 9.10. The summed E-state index contributed by atoms with van der Waals surface area (Å²) < 4.78 is 11.8. The van der Waals surface area contributed by atoms with Crippen LogP contribution in [-0.2, 0) is 16.1 Å². The zero-order valence-electron chi connectivity index (χ0n) is 19.9. The van der Waals surface area contributed by atoms with Crippen LogP contribution in [0, 0.1) is 6.92 Å². The third-order valence-electron chi connectivity index (χ3n) is 5.38. The lowest BCUT2D eigenvalue weighted by molar-refractivity contribution is -0.123. The predicted octanol–water partition coefficient (Wildman–Crippen LogP) is 6.67. The number of imide groups is 1. The van der Waals surface area contributed by atoms with Crippen LogP contribution in [0.15, 0.2) is 70.0 Å². The van der Waals surface area contributed by atoms with Gasteiger partial charge in [0.25, 0.3) is 17.1 Å². The van der Waals surface area contributed by atoms with Gasteiger partial charge >= 0.3 is 0 Å². The van der Waals surface area contributed by atoms with Crippen LogP contribution in [0.2, 0.25) is 5.02 Å². The predicted molar refractivity (Wildman–Crippen MR) is 149 cm³/mol. The van der Waals surface area contributed by atoms with Gasteiger partial charge in [0.1, 0.15) is 0 Å². The first-order chi connectivity index (χ1) is 17.7. The topological polar surface area (TPSA) is 84.9 Å². The van der Waals surface area contributed by atoms with E-state index in [4.69, 9.17) is 21.1 Å². The Hall–Kier alpha value is -3.27. The maximum Gasteiger partial charge on any atom is 0.293 e. The fourth-order valence-electron chi connectivity index (χ4n) is 3.47. The zero-order chi connectivity index (χ0) is 26.5. The van der Waals surface area contributed by atoms with Gasteiger partial charge in [-0.1, -0.05) is 47.5 Å². The van der Waals surface area contributed by atoms with Crippen LogP contribution in [-0.4, -0.2) is 35.7 Å². The molecule has 0 unspecified atom stereocenters. The van der Waals surface area contributed by atoms with Crippen molar-refractivity contribution in [1.82, 2.24) is 4.90 Å². The van der Waals surface area contributed by atoms with Crippen molar-refractivity contribution in [1.29, 1.82) is 0 Å². The maximum absolute atomic E-state index is 12.9. The van der Waals surface area contributed by atoms with E-state index < -0.39 is 0 Å². The number of ether oxygens (including phenoxy) is 2. The second-order valence-corrected chi connectivity index (χ2v) is 10.4. The average molecular weight is 602 g/mol. The van der Waals surface area contributed by atoms with Crippen LogP contribution in [0.5, 0.6) is 11.5 Å². The van der Waals surface area contributed by atoms with Gasteiger partial charge in [-0.2, -0.15) is 0 Å². The van der Waals surface area contributed by atoms with Crippen molar-refractivity contribution >= 4 is 68.1 Å². The average Bonchev–Trinajstić information content (AvgIpc) is 3.13. The Labute approximate surface area is 231 Å². The van der Waals surface area contributed by atoms with Crippen molar-refractivity contribution in [2.75, 3.05) is 19.0 Å². The van der Waals surface area contributed by atoms with E-state index >= 15 is 0 Å². The minimum Gasteiger partial charge on any atom is -0.493 e. The van der Waals surface area contributed by atoms with Crippen molar-refractivity contribution in [3.63, 3.8) is 0 Å². The molecule has 0 aromatic heterocycles. The molecule has 190 valence electrons. The van der Waals surface area contributed by atoms with E-state index in [1.807, 2.05) is 31.2 Å². The number of amides is 3. The van der Waals surface area contributed by atoms with Crippen molar-refractivity contribution in [2.24, 2.45) is 0 Å². The quantitative estimate of drug-likeness (QED) is 0.290. The normalized spacial score (nSPS) is 14.3. The lowest BCUT2D eigenvalue weighted by atomic mass is 10.1. The molecule has 3 aromatic carbocycles. The molecule has 0 bridgehead atoms. The first-order valence-electron chi connectivity index (χ1n) is 11.1. The number of nitrogens with zero attached hydrogens (tertiary/aromatic N) is 1. The van der Waals surface area contributed by atoms with Gasteiger partial charge in [0.15, 0.2) is 18.1 Å². The summed E-state index contributed by atoms with van der Waals surface area (Å²) in [5.41, 5.74) is 3.18. The summed E-state index contributed by atoms with van der Waals surface area (Å²) in [7, 11) is 1.48. The highest BCUT2D eigenvalue weighted by Crippen LogP contribution is 2.35. The molecule has 10 heteroatoms. The maximum atomic E-state index is 12.9. The SMILES string of the molecule is COc1cc(/C=C2/SC(=O)N(Cc3ccc(C)cc3)C2=O)ccc1OCC(=O)Nc1ccc(Br)c(Cl)c1. The molecular weight excluding hydrogens is 580 g/mol. The summed E-state index contributed by atoms with van der Waals surface area (Å²) in [6.45, 7) is 1.94. The third kappa shape index (κ3) is 6.74. The van der Waals surface area contributed by atoms with Gasteiger partial charge in [-0.3, -0.25) is 19.3 Å². The number of hydrogen-bond donors (Lipinski definition) is 1. The molecule has 0 saturated carbocycles. The summed E-state index contributed by atoms with van der Waals surface area (Å²) in [4.78, 5) is 39.2. The number of aryl methyl sites for hydroxylation is 1. The molecule has 1 heterocycles. The fraction of sp³-hybridized carbons (Fsp3) is 0.148. The molecule has 0 radical (unpaired) electrons. The largest absolute Gasteiger partial charge is 0.493 e. The molecule has 3 aromatic rings. The highest BCUT2D eigenvalue weighted by atomic mass is 79.9. The molecule has 1 fully saturated rings. The summed E-state index contributed by atoms with van der Waals surface area (Å²) in [5.74, 6) is 0.0228. The highest BCUT2D eigenvalue weighted by Gasteiger charge is 2.35. The zero-order valence-corrected chi connectivity index (χ0v) is 23.1. The first kappa shape index (κ1) is 26.8. The van der Waals surface area contributed by atoms with Crippen molar-refractivity contribution in [3.8, 4) is 11.5 Å². The van der Waals surface area contributed by atoms with E-state index in [2.05, 4.69) is 21.2 Å². The Morgan fingerprint density at radius 1 is 1.08 bits per heavy atom. The van der Waals surface area contributed by atoms with Crippen molar-refractivity contribution in [2.45, 2.75) is 13.5 Å². The number of methoxy groups -OCH3 is 1. The van der Waals surface area contributed by atoms with Gasteiger partial charge in [0, 0.05) is 10.2 Å². The molecule has 0 aliphatic carbocycles. The molecule has 0 spiro atoms. The minimum atomic E-state index is -0.369. The number of carbonyl (C=O) groups is 3. The van der Waals surface area contributed by atoms with Crippen molar-refractivity contribution < 1.29 is 23.9 Å². The van der Waals surface area contributed by atoms with E-state index in [0.29, 0.717) is 32.7 Å². The molecule has 3 amide bonds. The monoisotopic (exact) mass is 600 g/mol. The molecule has 7 nitrogen and oxygen atoms in total. The Kier molecular flexibility index (Phi) is 8.58. The van der Waals surface area contributed by atoms with Crippen LogP contribution in [0.4, 0.5) is 10.5 Å². The number of carbonyl (C=O) groups excluding carboxylic acids is 3. The number of nitrogens with one attached hydrogen (secondary N) is 1. The summed E-state index contributed by atoms with van der Waals surface area (Å²) in [5, 5.41) is 2.87. The molecule has 37 heavy (non-hydrogen) atoms. The van der Waals surface area contributed by atoms with Gasteiger partial charge < -0.3 is 14.8 Å². The molecule has 1 aliphatic rings. The van der Waals surface area contributed by atoms with E-state index in [0.717, 1.165) is 27.4 Å². The van der Waals surface area contributed by atoms with Crippen LogP contribution in [0.1, 0.15) is 16.7 Å². The van der Waals surface area contributed by atoms with E-state index in [1.54, 1.807) is 42.5 Å². The van der Waals surface area contributed by atoms with E-state index in [9.17, 15) is 14.4 Å². The Morgan fingerprint density at radius 3 is 2.54 bits per heavy atom. The molecule has 4 rings (SSSR count). The molecule has 0 atom stereocenters. The molecule has 1 N–H and O–H groups in total.